The maximum Gasteiger partial charge on any atom is 0.319 e. The Morgan fingerprint density at radius 3 is 2.75 bits per heavy atom. The first-order valence-corrected chi connectivity index (χ1v) is 5.35. The minimum absolute atomic E-state index is 0.229. The van der Waals surface area contributed by atoms with E-state index in [4.69, 9.17) is 0 Å². The lowest BCUT2D eigenvalue weighted by molar-refractivity contribution is 0.148. The fourth-order valence-corrected chi connectivity index (χ4v) is 1.43. The molecule has 0 spiro atoms. The Labute approximate surface area is 104 Å². The Balaban J connectivity index is 2.59. The zero-order chi connectivity index (χ0) is 12.1. The zero-order valence-electron chi connectivity index (χ0n) is 7.94. The number of hydrogen-bond donors (Lipinski definition) is 2. The van der Waals surface area contributed by atoms with Gasteiger partial charge in [0.2, 0.25) is 0 Å². The van der Waals surface area contributed by atoms with Crippen molar-refractivity contribution < 1.29 is 18.0 Å². The average molecular weight is 344 g/mol. The molecule has 0 saturated carbocycles. The summed E-state index contributed by atoms with van der Waals surface area (Å²) in [7, 11) is 0. The monoisotopic (exact) mass is 344 g/mol. The van der Waals surface area contributed by atoms with Gasteiger partial charge in [-0.05, 0) is 34.7 Å². The van der Waals surface area contributed by atoms with E-state index in [0.29, 0.717) is 0 Å². The third-order valence-electron chi connectivity index (χ3n) is 1.62. The third kappa shape index (κ3) is 3.87. The normalized spacial score (nSPS) is 10.3. The van der Waals surface area contributed by atoms with Gasteiger partial charge in [0, 0.05) is 0 Å². The molecule has 88 valence electrons. The fraction of sp³-hybridized carbons (Fsp3) is 0.222. The summed E-state index contributed by atoms with van der Waals surface area (Å²) in [5, 5.41) is 4.23. The van der Waals surface area contributed by atoms with Gasteiger partial charge < -0.3 is 10.6 Å². The second-order valence-electron chi connectivity index (χ2n) is 2.83. The van der Waals surface area contributed by atoms with Gasteiger partial charge in [0.15, 0.2) is 0 Å². The van der Waals surface area contributed by atoms with E-state index in [2.05, 4.69) is 5.32 Å². The van der Waals surface area contributed by atoms with Gasteiger partial charge in [-0.3, -0.25) is 0 Å². The van der Waals surface area contributed by atoms with Gasteiger partial charge in [-0.2, -0.15) is 0 Å². The zero-order valence-corrected chi connectivity index (χ0v) is 10.1. The highest BCUT2D eigenvalue weighted by atomic mass is 127. The molecule has 1 rings (SSSR count). The predicted molar refractivity (Wildman–Crippen MR) is 62.1 cm³/mol. The summed E-state index contributed by atoms with van der Waals surface area (Å²) in [5.41, 5.74) is 0.243. The summed E-state index contributed by atoms with van der Waals surface area (Å²) in [6.45, 7) is -0.738. The van der Waals surface area contributed by atoms with Crippen molar-refractivity contribution >= 4 is 34.3 Å². The van der Waals surface area contributed by atoms with Gasteiger partial charge in [-0.25, -0.2) is 18.0 Å². The molecule has 0 aliphatic heterocycles. The number of halogens is 4. The summed E-state index contributed by atoms with van der Waals surface area (Å²) >= 11 is 1.71. The van der Waals surface area contributed by atoms with Crippen LogP contribution in [-0.4, -0.2) is 19.0 Å². The minimum Gasteiger partial charge on any atom is -0.332 e. The number of urea groups is 1. The van der Waals surface area contributed by atoms with Crippen LogP contribution in [0, 0.1) is 9.39 Å². The molecule has 0 aliphatic rings. The lowest BCUT2D eigenvalue weighted by atomic mass is 10.3. The highest BCUT2D eigenvalue weighted by Crippen LogP contribution is 2.20. The van der Waals surface area contributed by atoms with E-state index in [-0.39, 0.29) is 9.26 Å². The summed E-state index contributed by atoms with van der Waals surface area (Å²) in [6.07, 6.45) is -2.61. The standard InChI is InChI=1S/C9H8F3IN2O/c10-5-2-1-3-6(8(5)13)15-9(16)14-4-7(11)12/h1-3,7H,4H2,(H2,14,15,16). The molecule has 0 saturated heterocycles. The third-order valence-corrected chi connectivity index (χ3v) is 2.71. The number of hydrogen-bond acceptors (Lipinski definition) is 1. The van der Waals surface area contributed by atoms with Gasteiger partial charge in [-0.1, -0.05) is 6.07 Å². The van der Waals surface area contributed by atoms with E-state index in [1.165, 1.54) is 18.2 Å². The van der Waals surface area contributed by atoms with Crippen LogP contribution < -0.4 is 10.6 Å². The van der Waals surface area contributed by atoms with Crippen molar-refractivity contribution in [2.75, 3.05) is 11.9 Å². The number of carbonyl (C=O) groups is 1. The molecule has 0 heterocycles. The summed E-state index contributed by atoms with van der Waals surface area (Å²) in [5.74, 6) is -0.479. The molecule has 0 atom stereocenters. The molecule has 2 amide bonds. The van der Waals surface area contributed by atoms with Crippen LogP contribution in [0.25, 0.3) is 0 Å². The van der Waals surface area contributed by atoms with Crippen LogP contribution in [0.2, 0.25) is 0 Å². The van der Waals surface area contributed by atoms with Gasteiger partial charge >= 0.3 is 6.03 Å². The topological polar surface area (TPSA) is 41.1 Å². The molecule has 0 aliphatic carbocycles. The number of amides is 2. The number of benzene rings is 1. The SMILES string of the molecule is O=C(NCC(F)F)Nc1cccc(F)c1I. The maximum absolute atomic E-state index is 13.0. The Hall–Kier alpha value is -0.990. The summed E-state index contributed by atoms with van der Waals surface area (Å²) < 4.78 is 36.8. The van der Waals surface area contributed by atoms with Crippen molar-refractivity contribution in [1.82, 2.24) is 5.32 Å². The lowest BCUT2D eigenvalue weighted by Gasteiger charge is -2.08. The van der Waals surface area contributed by atoms with E-state index in [1.807, 2.05) is 5.32 Å². The van der Waals surface area contributed by atoms with E-state index in [1.54, 1.807) is 22.6 Å². The van der Waals surface area contributed by atoms with Crippen LogP contribution in [0.5, 0.6) is 0 Å². The smallest absolute Gasteiger partial charge is 0.319 e. The second kappa shape index (κ2) is 5.92. The summed E-state index contributed by atoms with van der Waals surface area (Å²) in [6, 6.07) is 3.35. The van der Waals surface area contributed by atoms with Gasteiger partial charge in [0.1, 0.15) is 5.82 Å². The molecule has 7 heteroatoms. The maximum atomic E-state index is 13.0. The Morgan fingerprint density at radius 1 is 1.44 bits per heavy atom. The molecule has 0 fully saturated rings. The molecule has 0 unspecified atom stereocenters. The minimum atomic E-state index is -2.61. The van der Waals surface area contributed by atoms with E-state index < -0.39 is 24.8 Å². The van der Waals surface area contributed by atoms with Crippen molar-refractivity contribution in [3.63, 3.8) is 0 Å². The molecular formula is C9H8F3IN2O. The quantitative estimate of drug-likeness (QED) is 0.814. The Bertz CT molecular complexity index is 387. The van der Waals surface area contributed by atoms with Crippen LogP contribution in [0.3, 0.4) is 0 Å². The summed E-state index contributed by atoms with van der Waals surface area (Å²) in [4.78, 5) is 11.1. The van der Waals surface area contributed by atoms with Crippen molar-refractivity contribution in [1.29, 1.82) is 0 Å². The molecule has 1 aromatic carbocycles. The number of rotatable bonds is 3. The largest absolute Gasteiger partial charge is 0.332 e. The van der Waals surface area contributed by atoms with Crippen molar-refractivity contribution in [3.8, 4) is 0 Å². The molecule has 2 N–H and O–H groups in total. The van der Waals surface area contributed by atoms with E-state index in [9.17, 15) is 18.0 Å². The predicted octanol–water partition coefficient (Wildman–Crippen LogP) is 2.82. The second-order valence-corrected chi connectivity index (χ2v) is 3.91. The molecular weight excluding hydrogens is 336 g/mol. The number of alkyl halides is 2. The van der Waals surface area contributed by atoms with Gasteiger partial charge in [0.05, 0.1) is 15.8 Å². The van der Waals surface area contributed by atoms with Crippen LogP contribution in [0.1, 0.15) is 0 Å². The van der Waals surface area contributed by atoms with Crippen molar-refractivity contribution in [2.24, 2.45) is 0 Å². The average Bonchev–Trinajstić information content (AvgIpc) is 2.22. The number of nitrogens with one attached hydrogen (secondary N) is 2. The van der Waals surface area contributed by atoms with E-state index >= 15 is 0 Å². The Morgan fingerprint density at radius 2 is 2.12 bits per heavy atom. The lowest BCUT2D eigenvalue weighted by Crippen LogP contribution is -2.32. The highest BCUT2D eigenvalue weighted by Gasteiger charge is 2.09. The molecule has 16 heavy (non-hydrogen) atoms. The molecule has 0 bridgehead atoms. The number of anilines is 1. The van der Waals surface area contributed by atoms with Gasteiger partial charge in [-0.15, -0.1) is 0 Å². The highest BCUT2D eigenvalue weighted by molar-refractivity contribution is 14.1. The van der Waals surface area contributed by atoms with Crippen molar-refractivity contribution in [3.05, 3.63) is 27.6 Å². The molecule has 3 nitrogen and oxygen atoms in total. The van der Waals surface area contributed by atoms with E-state index in [0.717, 1.165) is 0 Å². The molecule has 0 radical (unpaired) electrons. The van der Waals surface area contributed by atoms with Crippen molar-refractivity contribution in [2.45, 2.75) is 6.43 Å². The van der Waals surface area contributed by atoms with Crippen LogP contribution in [-0.2, 0) is 0 Å². The first-order valence-electron chi connectivity index (χ1n) is 4.27. The first-order chi connectivity index (χ1) is 7.50. The Kier molecular flexibility index (Phi) is 4.84. The van der Waals surface area contributed by atoms with Crippen LogP contribution >= 0.6 is 22.6 Å². The molecule has 1 aromatic rings. The van der Waals surface area contributed by atoms with Gasteiger partial charge in [0.25, 0.3) is 6.43 Å². The fourth-order valence-electron chi connectivity index (χ4n) is 0.937. The first kappa shape index (κ1) is 13.1. The molecule has 0 aromatic heterocycles. The van der Waals surface area contributed by atoms with Crippen LogP contribution in [0.15, 0.2) is 18.2 Å². The van der Waals surface area contributed by atoms with Crippen LogP contribution in [0.4, 0.5) is 23.7 Å². The number of carbonyl (C=O) groups excluding carboxylic acids is 1.